The van der Waals surface area contributed by atoms with Crippen LogP contribution in [0.2, 0.25) is 0 Å². The molecule has 5 nitrogen and oxygen atoms in total. The Morgan fingerprint density at radius 1 is 0.958 bits per heavy atom. The topological polar surface area (TPSA) is 53.9 Å². The third kappa shape index (κ3) is 3.68. The molecule has 122 valence electrons. The highest BCUT2D eigenvalue weighted by atomic mass is 15.3. The molecular weight excluding hydrogens is 298 g/mol. The van der Waals surface area contributed by atoms with Gasteiger partial charge in [-0.2, -0.15) is 10.1 Å². The number of benzene rings is 2. The van der Waals surface area contributed by atoms with Crippen LogP contribution in [0, 0.1) is 0 Å². The van der Waals surface area contributed by atoms with Crippen molar-refractivity contribution in [1.29, 1.82) is 0 Å². The number of anilines is 4. The molecule has 0 atom stereocenters. The van der Waals surface area contributed by atoms with Crippen LogP contribution < -0.4 is 10.2 Å². The van der Waals surface area contributed by atoms with Gasteiger partial charge < -0.3 is 10.2 Å². The minimum Gasteiger partial charge on any atom is -0.339 e. The van der Waals surface area contributed by atoms with Gasteiger partial charge in [-0.15, -0.1) is 5.10 Å². The molecule has 0 spiro atoms. The number of hydrogen-bond acceptors (Lipinski definition) is 5. The van der Waals surface area contributed by atoms with Gasteiger partial charge in [0, 0.05) is 17.9 Å². The number of rotatable bonds is 6. The third-order valence-corrected chi connectivity index (χ3v) is 3.81. The van der Waals surface area contributed by atoms with E-state index < -0.39 is 0 Å². The maximum Gasteiger partial charge on any atom is 0.251 e. The number of aromatic nitrogens is 3. The zero-order valence-electron chi connectivity index (χ0n) is 14.0. The maximum atomic E-state index is 4.60. The Bertz CT molecular complexity index is 771. The summed E-state index contributed by atoms with van der Waals surface area (Å²) < 4.78 is 0. The number of nitrogens with one attached hydrogen (secondary N) is 1. The molecule has 0 aliphatic carbocycles. The second kappa shape index (κ2) is 7.55. The fraction of sp³-hybridized carbons (Fsp3) is 0.211. The van der Waals surface area contributed by atoms with Gasteiger partial charge in [0.05, 0.1) is 6.20 Å². The van der Waals surface area contributed by atoms with Crippen LogP contribution in [0.5, 0.6) is 0 Å². The molecule has 0 saturated heterocycles. The molecule has 0 aliphatic rings. The van der Waals surface area contributed by atoms with E-state index in [4.69, 9.17) is 0 Å². The van der Waals surface area contributed by atoms with Crippen LogP contribution in [0.4, 0.5) is 23.1 Å². The predicted octanol–water partition coefficient (Wildman–Crippen LogP) is 4.34. The van der Waals surface area contributed by atoms with Crippen LogP contribution in [0.15, 0.2) is 60.8 Å². The van der Waals surface area contributed by atoms with E-state index in [1.165, 1.54) is 5.56 Å². The van der Waals surface area contributed by atoms with Gasteiger partial charge in [-0.3, -0.25) is 0 Å². The summed E-state index contributed by atoms with van der Waals surface area (Å²) in [7, 11) is 0. The highest BCUT2D eigenvalue weighted by molar-refractivity contribution is 5.60. The fourth-order valence-corrected chi connectivity index (χ4v) is 2.49. The van der Waals surface area contributed by atoms with Gasteiger partial charge in [0.1, 0.15) is 0 Å². The molecule has 24 heavy (non-hydrogen) atoms. The average molecular weight is 319 g/mol. The summed E-state index contributed by atoms with van der Waals surface area (Å²) in [6, 6.07) is 18.4. The number of nitrogens with zero attached hydrogens (tertiary/aromatic N) is 4. The molecule has 2 aromatic carbocycles. The summed E-state index contributed by atoms with van der Waals surface area (Å²) in [6.45, 7) is 4.98. The van der Waals surface area contributed by atoms with Crippen LogP contribution in [-0.4, -0.2) is 21.7 Å². The molecule has 0 fully saturated rings. The van der Waals surface area contributed by atoms with E-state index in [1.54, 1.807) is 6.20 Å². The standard InChI is InChI=1S/C19H21N5/c1-3-15-10-12-16(13-11-15)21-18-14-20-23-19(22-18)24(4-2)17-8-6-5-7-9-17/h5-14H,3-4H2,1-2H3,(H,21,22,23). The molecule has 3 aromatic rings. The van der Waals surface area contributed by atoms with E-state index in [0.717, 1.165) is 24.3 Å². The molecule has 0 radical (unpaired) electrons. The Morgan fingerprint density at radius 2 is 1.71 bits per heavy atom. The molecule has 5 heteroatoms. The van der Waals surface area contributed by atoms with Crippen molar-refractivity contribution in [2.45, 2.75) is 20.3 Å². The van der Waals surface area contributed by atoms with E-state index in [0.29, 0.717) is 11.8 Å². The lowest BCUT2D eigenvalue weighted by Crippen LogP contribution is -2.19. The first-order valence-corrected chi connectivity index (χ1v) is 8.18. The SMILES string of the molecule is CCc1ccc(Nc2cnnc(N(CC)c3ccccc3)n2)cc1. The zero-order chi connectivity index (χ0) is 16.8. The first-order valence-electron chi connectivity index (χ1n) is 8.18. The Hall–Kier alpha value is -2.95. The number of hydrogen-bond donors (Lipinski definition) is 1. The van der Waals surface area contributed by atoms with Gasteiger partial charge in [-0.05, 0) is 43.2 Å². The zero-order valence-corrected chi connectivity index (χ0v) is 14.0. The van der Waals surface area contributed by atoms with Crippen molar-refractivity contribution < 1.29 is 0 Å². The summed E-state index contributed by atoms with van der Waals surface area (Å²) in [6.07, 6.45) is 2.66. The highest BCUT2D eigenvalue weighted by Gasteiger charge is 2.11. The normalized spacial score (nSPS) is 10.4. The lowest BCUT2D eigenvalue weighted by Gasteiger charge is -2.20. The molecule has 3 rings (SSSR count). The first kappa shape index (κ1) is 15.9. The van der Waals surface area contributed by atoms with Crippen LogP contribution >= 0.6 is 0 Å². The van der Waals surface area contributed by atoms with Crippen LogP contribution in [0.25, 0.3) is 0 Å². The van der Waals surface area contributed by atoms with E-state index in [9.17, 15) is 0 Å². The summed E-state index contributed by atoms with van der Waals surface area (Å²) in [4.78, 5) is 6.63. The third-order valence-electron chi connectivity index (χ3n) is 3.81. The summed E-state index contributed by atoms with van der Waals surface area (Å²) in [5.41, 5.74) is 3.34. The van der Waals surface area contributed by atoms with Crippen molar-refractivity contribution >= 4 is 23.1 Å². The maximum absolute atomic E-state index is 4.60. The van der Waals surface area contributed by atoms with E-state index in [1.807, 2.05) is 35.2 Å². The minimum absolute atomic E-state index is 0.582. The van der Waals surface area contributed by atoms with Crippen LogP contribution in [0.3, 0.4) is 0 Å². The molecule has 0 aliphatic heterocycles. The molecule has 0 saturated carbocycles. The number of aryl methyl sites for hydroxylation is 1. The Morgan fingerprint density at radius 3 is 2.38 bits per heavy atom. The minimum atomic E-state index is 0.582. The Balaban J connectivity index is 1.82. The molecule has 1 heterocycles. The van der Waals surface area contributed by atoms with Crippen LogP contribution in [-0.2, 0) is 6.42 Å². The van der Waals surface area contributed by atoms with Crippen LogP contribution in [0.1, 0.15) is 19.4 Å². The average Bonchev–Trinajstić information content (AvgIpc) is 2.64. The van der Waals surface area contributed by atoms with Crippen molar-refractivity contribution in [1.82, 2.24) is 15.2 Å². The monoisotopic (exact) mass is 319 g/mol. The van der Waals surface area contributed by atoms with Gasteiger partial charge in [0.25, 0.3) is 5.95 Å². The van der Waals surface area contributed by atoms with E-state index in [-0.39, 0.29) is 0 Å². The predicted molar refractivity (Wildman–Crippen MR) is 98.1 cm³/mol. The second-order valence-corrected chi connectivity index (χ2v) is 5.40. The number of para-hydroxylation sites is 1. The van der Waals surface area contributed by atoms with Crippen molar-refractivity contribution in [2.75, 3.05) is 16.8 Å². The van der Waals surface area contributed by atoms with E-state index >= 15 is 0 Å². The van der Waals surface area contributed by atoms with Gasteiger partial charge in [-0.1, -0.05) is 37.3 Å². The molecule has 0 unspecified atom stereocenters. The lowest BCUT2D eigenvalue weighted by molar-refractivity contribution is 0.887. The summed E-state index contributed by atoms with van der Waals surface area (Å²) >= 11 is 0. The van der Waals surface area contributed by atoms with Crippen molar-refractivity contribution in [3.63, 3.8) is 0 Å². The molecule has 0 bridgehead atoms. The van der Waals surface area contributed by atoms with Gasteiger partial charge in [0.15, 0.2) is 5.82 Å². The molecule has 1 N–H and O–H groups in total. The summed E-state index contributed by atoms with van der Waals surface area (Å²) in [5, 5.41) is 11.6. The second-order valence-electron chi connectivity index (χ2n) is 5.40. The Labute approximate surface area is 142 Å². The quantitative estimate of drug-likeness (QED) is 0.732. The largest absolute Gasteiger partial charge is 0.339 e. The summed E-state index contributed by atoms with van der Waals surface area (Å²) in [5.74, 6) is 1.26. The molecule has 1 aromatic heterocycles. The van der Waals surface area contributed by atoms with Gasteiger partial charge in [0.2, 0.25) is 0 Å². The van der Waals surface area contributed by atoms with Crippen molar-refractivity contribution in [2.24, 2.45) is 0 Å². The molecule has 0 amide bonds. The fourth-order valence-electron chi connectivity index (χ4n) is 2.49. The highest BCUT2D eigenvalue weighted by Crippen LogP contribution is 2.22. The van der Waals surface area contributed by atoms with Gasteiger partial charge in [-0.25, -0.2) is 0 Å². The lowest BCUT2D eigenvalue weighted by atomic mass is 10.1. The molecular formula is C19H21N5. The van der Waals surface area contributed by atoms with Crippen molar-refractivity contribution in [3.8, 4) is 0 Å². The Kier molecular flexibility index (Phi) is 5.01. The smallest absolute Gasteiger partial charge is 0.251 e. The van der Waals surface area contributed by atoms with Crippen molar-refractivity contribution in [3.05, 3.63) is 66.4 Å². The first-order chi connectivity index (χ1) is 11.8. The van der Waals surface area contributed by atoms with E-state index in [2.05, 4.69) is 58.6 Å². The van der Waals surface area contributed by atoms with Gasteiger partial charge >= 0.3 is 0 Å².